The van der Waals surface area contributed by atoms with Gasteiger partial charge in [-0.25, -0.2) is 0 Å². The highest BCUT2D eigenvalue weighted by Crippen LogP contribution is 2.27. The highest BCUT2D eigenvalue weighted by Gasteiger charge is 2.34. The van der Waals surface area contributed by atoms with E-state index in [4.69, 9.17) is 0 Å². The molecule has 0 aromatic heterocycles. The van der Waals surface area contributed by atoms with Gasteiger partial charge in [-0.15, -0.1) is 6.58 Å². The van der Waals surface area contributed by atoms with Crippen molar-refractivity contribution in [2.75, 3.05) is 0 Å². The molecule has 1 fully saturated rings. The predicted octanol–water partition coefficient (Wildman–Crippen LogP) is 1.98. The second-order valence-electron chi connectivity index (χ2n) is 4.58. The monoisotopic (exact) mass is 212 g/mol. The number of rotatable bonds is 4. The molecule has 1 aliphatic rings. The summed E-state index contributed by atoms with van der Waals surface area (Å²) in [6.07, 6.45) is 4.04. The van der Waals surface area contributed by atoms with Crippen LogP contribution in [-0.4, -0.2) is 23.0 Å². The average molecular weight is 212 g/mol. The first-order chi connectivity index (χ1) is 7.04. The zero-order chi connectivity index (χ0) is 11.4. The van der Waals surface area contributed by atoms with Crippen LogP contribution >= 0.6 is 0 Å². The van der Waals surface area contributed by atoms with E-state index in [0.29, 0.717) is 24.9 Å². The zero-order valence-electron chi connectivity index (χ0n) is 9.48. The van der Waals surface area contributed by atoms with Gasteiger partial charge >= 0.3 is 0 Å². The molecule has 1 aliphatic carbocycles. The third kappa shape index (κ3) is 3.30. The number of hydrogen-bond acceptors (Lipinski definition) is 3. The Hall–Kier alpha value is -0.900. The van der Waals surface area contributed by atoms with Crippen molar-refractivity contribution < 1.29 is 4.92 Å². The van der Waals surface area contributed by atoms with Crippen LogP contribution < -0.4 is 5.32 Å². The third-order valence-corrected chi connectivity index (χ3v) is 3.02. The van der Waals surface area contributed by atoms with Crippen LogP contribution in [0.15, 0.2) is 12.7 Å². The third-order valence-electron chi connectivity index (χ3n) is 3.02. The molecule has 0 saturated heterocycles. The second-order valence-corrected chi connectivity index (χ2v) is 4.58. The summed E-state index contributed by atoms with van der Waals surface area (Å²) in [5.41, 5.74) is 0. The van der Waals surface area contributed by atoms with E-state index in [0.717, 1.165) is 6.42 Å². The molecule has 0 bridgehead atoms. The van der Waals surface area contributed by atoms with E-state index in [1.54, 1.807) is 0 Å². The normalized spacial score (nSPS) is 31.5. The van der Waals surface area contributed by atoms with Crippen LogP contribution in [0.1, 0.15) is 33.1 Å². The van der Waals surface area contributed by atoms with Gasteiger partial charge in [-0.2, -0.15) is 0 Å². The molecule has 0 aliphatic heterocycles. The lowest BCUT2D eigenvalue weighted by atomic mass is 9.81. The molecule has 1 N–H and O–H groups in total. The van der Waals surface area contributed by atoms with Gasteiger partial charge in [0.05, 0.1) is 0 Å². The van der Waals surface area contributed by atoms with Crippen LogP contribution in [0.3, 0.4) is 0 Å². The molecule has 0 heterocycles. The lowest BCUT2D eigenvalue weighted by Gasteiger charge is -2.32. The summed E-state index contributed by atoms with van der Waals surface area (Å²) in [4.78, 5) is 10.5. The quantitative estimate of drug-likeness (QED) is 0.440. The van der Waals surface area contributed by atoms with Crippen molar-refractivity contribution in [2.24, 2.45) is 5.92 Å². The van der Waals surface area contributed by atoms with E-state index in [-0.39, 0.29) is 16.9 Å². The minimum atomic E-state index is -0.377. The molecule has 1 saturated carbocycles. The maximum atomic E-state index is 10.7. The van der Waals surface area contributed by atoms with Gasteiger partial charge in [0.1, 0.15) is 0 Å². The first kappa shape index (κ1) is 12.2. The maximum Gasteiger partial charge on any atom is 0.213 e. The summed E-state index contributed by atoms with van der Waals surface area (Å²) in [6, 6.07) is 0.404. The highest BCUT2D eigenvalue weighted by atomic mass is 16.6. The lowest BCUT2D eigenvalue weighted by Crippen LogP contribution is -2.45. The van der Waals surface area contributed by atoms with Gasteiger partial charge in [-0.3, -0.25) is 10.1 Å². The van der Waals surface area contributed by atoms with Gasteiger partial charge in [-0.05, 0) is 12.3 Å². The van der Waals surface area contributed by atoms with Gasteiger partial charge in [0.2, 0.25) is 6.04 Å². The molecule has 4 nitrogen and oxygen atoms in total. The summed E-state index contributed by atoms with van der Waals surface area (Å²) in [5.74, 6) is 0.233. The number of nitrogens with one attached hydrogen (secondary N) is 1. The number of hydrogen-bond donors (Lipinski definition) is 1. The minimum absolute atomic E-state index is 0.151. The fourth-order valence-corrected chi connectivity index (χ4v) is 2.27. The Morgan fingerprint density at radius 3 is 2.67 bits per heavy atom. The van der Waals surface area contributed by atoms with Crippen LogP contribution in [0.5, 0.6) is 0 Å². The maximum absolute atomic E-state index is 10.7. The zero-order valence-corrected chi connectivity index (χ0v) is 9.48. The first-order valence-electron chi connectivity index (χ1n) is 5.56. The second kappa shape index (κ2) is 5.26. The van der Waals surface area contributed by atoms with Crippen LogP contribution in [0, 0.1) is 16.0 Å². The fraction of sp³-hybridized carbons (Fsp3) is 0.818. The molecule has 1 rings (SSSR count). The SMILES string of the molecule is C=CC1CC([N+](=O)[O-])CCC1NC(C)C. The molecule has 0 aromatic carbocycles. The summed E-state index contributed by atoms with van der Waals surface area (Å²) < 4.78 is 0. The van der Waals surface area contributed by atoms with Crippen molar-refractivity contribution in [3.63, 3.8) is 0 Å². The molecular formula is C11H20N2O2. The summed E-state index contributed by atoms with van der Waals surface area (Å²) in [7, 11) is 0. The Morgan fingerprint density at radius 1 is 1.53 bits per heavy atom. The van der Waals surface area contributed by atoms with Crippen LogP contribution in [0.2, 0.25) is 0 Å². The highest BCUT2D eigenvalue weighted by molar-refractivity contribution is 4.94. The smallest absolute Gasteiger partial charge is 0.213 e. The largest absolute Gasteiger partial charge is 0.311 e. The summed E-state index contributed by atoms with van der Waals surface area (Å²) >= 11 is 0. The fourth-order valence-electron chi connectivity index (χ4n) is 2.27. The first-order valence-corrected chi connectivity index (χ1v) is 5.56. The number of nitro groups is 1. The predicted molar refractivity (Wildman–Crippen MR) is 60.4 cm³/mol. The van der Waals surface area contributed by atoms with E-state index in [2.05, 4.69) is 25.7 Å². The van der Waals surface area contributed by atoms with E-state index in [1.807, 2.05) is 6.08 Å². The molecule has 0 amide bonds. The Bertz CT molecular complexity index is 241. The molecule has 3 unspecified atom stereocenters. The Morgan fingerprint density at radius 2 is 2.20 bits per heavy atom. The summed E-state index contributed by atoms with van der Waals surface area (Å²) in [5, 5.41) is 14.1. The van der Waals surface area contributed by atoms with Gasteiger partial charge in [0.15, 0.2) is 0 Å². The molecule has 0 aromatic rings. The van der Waals surface area contributed by atoms with Crippen molar-refractivity contribution in [1.82, 2.24) is 5.32 Å². The molecule has 3 atom stereocenters. The van der Waals surface area contributed by atoms with Gasteiger partial charge in [0, 0.05) is 29.8 Å². The Labute approximate surface area is 90.9 Å². The Kier molecular flexibility index (Phi) is 4.27. The van der Waals surface area contributed by atoms with E-state index < -0.39 is 0 Å². The van der Waals surface area contributed by atoms with Crippen LogP contribution in [0.4, 0.5) is 0 Å². The van der Waals surface area contributed by atoms with Crippen molar-refractivity contribution in [1.29, 1.82) is 0 Å². The number of nitrogens with zero attached hydrogens (tertiary/aromatic N) is 1. The van der Waals surface area contributed by atoms with Crippen molar-refractivity contribution >= 4 is 0 Å². The topological polar surface area (TPSA) is 55.2 Å². The Balaban J connectivity index is 2.56. The molecule has 86 valence electrons. The van der Waals surface area contributed by atoms with Crippen molar-refractivity contribution in [3.8, 4) is 0 Å². The molecule has 0 spiro atoms. The van der Waals surface area contributed by atoms with Gasteiger partial charge in [-0.1, -0.05) is 19.9 Å². The van der Waals surface area contributed by atoms with E-state index in [9.17, 15) is 10.1 Å². The van der Waals surface area contributed by atoms with Crippen LogP contribution in [-0.2, 0) is 0 Å². The molecule has 4 heteroatoms. The molecule has 0 radical (unpaired) electrons. The summed E-state index contributed by atoms with van der Waals surface area (Å²) in [6.45, 7) is 7.97. The van der Waals surface area contributed by atoms with Gasteiger partial charge < -0.3 is 5.32 Å². The van der Waals surface area contributed by atoms with Crippen molar-refractivity contribution in [2.45, 2.75) is 51.2 Å². The average Bonchev–Trinajstić information content (AvgIpc) is 2.17. The minimum Gasteiger partial charge on any atom is -0.311 e. The van der Waals surface area contributed by atoms with Crippen LogP contribution in [0.25, 0.3) is 0 Å². The van der Waals surface area contributed by atoms with Crippen molar-refractivity contribution in [3.05, 3.63) is 22.8 Å². The lowest BCUT2D eigenvalue weighted by molar-refractivity contribution is -0.527. The standard InChI is InChI=1S/C11H20N2O2/c1-4-9-7-10(13(14)15)5-6-11(9)12-8(2)3/h4,8-12H,1,5-7H2,2-3H3. The van der Waals surface area contributed by atoms with Gasteiger partial charge in [0.25, 0.3) is 0 Å². The molecular weight excluding hydrogens is 192 g/mol. The van der Waals surface area contributed by atoms with E-state index in [1.165, 1.54) is 0 Å². The molecule has 15 heavy (non-hydrogen) atoms. The van der Waals surface area contributed by atoms with E-state index >= 15 is 0 Å².